The Morgan fingerprint density at radius 1 is 0.257 bits per heavy atom. The molecule has 2 aliphatic rings. The second-order valence-corrected chi connectivity index (χ2v) is 18.2. The lowest BCUT2D eigenvalue weighted by Gasteiger charge is -2.12. The fraction of sp³-hybridized carbons (Fsp3) is 0. The molecule has 0 saturated carbocycles. The Morgan fingerprint density at radius 2 is 0.686 bits per heavy atom. The quantitative estimate of drug-likeness (QED) is 0.160. The van der Waals surface area contributed by atoms with Gasteiger partial charge in [-0.05, 0) is 141 Å². The number of hydrogen-bond donors (Lipinski definition) is 0. The van der Waals surface area contributed by atoms with Crippen LogP contribution in [0.15, 0.2) is 231 Å². The van der Waals surface area contributed by atoms with E-state index < -0.39 is 0 Å². The van der Waals surface area contributed by atoms with Crippen LogP contribution >= 0.6 is 0 Å². The Kier molecular flexibility index (Phi) is 8.92. The van der Waals surface area contributed by atoms with E-state index in [9.17, 15) is 5.26 Å². The molecule has 322 valence electrons. The summed E-state index contributed by atoms with van der Waals surface area (Å²) in [5.41, 5.74) is 21.9. The molecule has 0 aliphatic heterocycles. The highest BCUT2D eigenvalue weighted by atomic mass is 15.0. The highest BCUT2D eigenvalue weighted by Gasteiger charge is 2.25. The lowest BCUT2D eigenvalue weighted by molar-refractivity contribution is 1.08. The molecule has 70 heavy (non-hydrogen) atoms. The zero-order chi connectivity index (χ0) is 46.3. The average molecular weight is 887 g/mol. The van der Waals surface area contributed by atoms with Crippen molar-refractivity contribution in [1.82, 2.24) is 15.0 Å². The summed E-state index contributed by atoms with van der Waals surface area (Å²) in [4.78, 5) is 15.3. The minimum atomic E-state index is 0.594. The van der Waals surface area contributed by atoms with Gasteiger partial charge >= 0.3 is 0 Å². The second kappa shape index (κ2) is 15.8. The normalized spacial score (nSPS) is 11.7. The van der Waals surface area contributed by atoms with Gasteiger partial charge in [-0.15, -0.1) is 0 Å². The van der Waals surface area contributed by atoms with Crippen LogP contribution in [0.2, 0.25) is 0 Å². The summed E-state index contributed by atoms with van der Waals surface area (Å²) in [5.74, 6) is 1.84. The maximum absolute atomic E-state index is 10.6. The first-order chi connectivity index (χ1) is 34.6. The lowest BCUT2D eigenvalue weighted by Crippen LogP contribution is -2.00. The summed E-state index contributed by atoms with van der Waals surface area (Å²) in [5, 5.41) is 15.5. The Balaban J connectivity index is 0.770. The summed E-state index contributed by atoms with van der Waals surface area (Å²) in [6.45, 7) is 0. The number of rotatable bonds is 7. The van der Waals surface area contributed by atoms with Crippen LogP contribution in [0, 0.1) is 11.3 Å². The summed E-state index contributed by atoms with van der Waals surface area (Å²) in [6.07, 6.45) is 0. The molecule has 0 amide bonds. The van der Waals surface area contributed by atoms with Crippen LogP contribution in [0.1, 0.15) is 5.56 Å². The maximum Gasteiger partial charge on any atom is 0.164 e. The summed E-state index contributed by atoms with van der Waals surface area (Å²) < 4.78 is 0. The second-order valence-electron chi connectivity index (χ2n) is 18.2. The molecule has 2 aliphatic carbocycles. The standard InChI is InChI=1S/C66H38N4/c67-39-50-37-47(29-31-51(50)49-18-7-17-46(36-49)44-15-6-16-45(35-44)48-30-32-54-55-21-8-13-41-14-9-22-58(62(41)55)61(54)38-48)40-25-27-43(28-26-40)65-68-64(42-11-2-1-3-12-42)69-66(70-65)60-34-33-59-53-20-5-4-19-52(53)56-23-10-24-57(60)63(56)59/h1-38H. The minimum absolute atomic E-state index is 0.594. The fourth-order valence-electron chi connectivity index (χ4n) is 10.9. The van der Waals surface area contributed by atoms with Gasteiger partial charge in [-0.3, -0.25) is 0 Å². The van der Waals surface area contributed by atoms with Crippen molar-refractivity contribution in [3.05, 3.63) is 236 Å². The van der Waals surface area contributed by atoms with Gasteiger partial charge < -0.3 is 0 Å². The molecule has 12 aromatic rings. The van der Waals surface area contributed by atoms with Crippen molar-refractivity contribution in [3.8, 4) is 129 Å². The number of nitriles is 1. The van der Waals surface area contributed by atoms with Gasteiger partial charge in [-0.2, -0.15) is 5.26 Å². The van der Waals surface area contributed by atoms with Crippen molar-refractivity contribution in [2.45, 2.75) is 0 Å². The molecular weight excluding hydrogens is 849 g/mol. The molecule has 0 unspecified atom stereocenters. The van der Waals surface area contributed by atoms with Crippen molar-refractivity contribution in [2.75, 3.05) is 0 Å². The van der Waals surface area contributed by atoms with Crippen molar-refractivity contribution < 1.29 is 0 Å². The molecular formula is C66H38N4. The zero-order valence-corrected chi connectivity index (χ0v) is 37.7. The summed E-state index contributed by atoms with van der Waals surface area (Å²) in [7, 11) is 0. The molecule has 11 aromatic carbocycles. The van der Waals surface area contributed by atoms with E-state index in [0.29, 0.717) is 23.0 Å². The summed E-state index contributed by atoms with van der Waals surface area (Å²) in [6, 6.07) is 83.9. The SMILES string of the molecule is N#Cc1cc(-c2ccc(-c3nc(-c4ccccc4)nc(-c4ccc5c6c(cccc46)-c4ccccc4-5)n3)cc2)ccc1-c1cccc(-c2cccc(-c3ccc4c(c3)-c3cccc5cccc-4c35)c2)c1. The molecule has 4 heteroatoms. The molecule has 0 saturated heterocycles. The fourth-order valence-corrected chi connectivity index (χ4v) is 10.9. The van der Waals surface area contributed by atoms with Gasteiger partial charge in [0.1, 0.15) is 0 Å². The Labute approximate surface area is 405 Å². The van der Waals surface area contributed by atoms with E-state index in [-0.39, 0.29) is 0 Å². The minimum Gasteiger partial charge on any atom is -0.208 e. The van der Waals surface area contributed by atoms with E-state index in [0.717, 1.165) is 55.5 Å². The van der Waals surface area contributed by atoms with Crippen LogP contribution in [-0.4, -0.2) is 15.0 Å². The van der Waals surface area contributed by atoms with Crippen molar-refractivity contribution in [3.63, 3.8) is 0 Å². The highest BCUT2D eigenvalue weighted by Crippen LogP contribution is 2.50. The highest BCUT2D eigenvalue weighted by molar-refractivity contribution is 6.18. The van der Waals surface area contributed by atoms with Gasteiger partial charge in [0.2, 0.25) is 0 Å². The number of hydrogen-bond acceptors (Lipinski definition) is 4. The van der Waals surface area contributed by atoms with Gasteiger partial charge in [-0.25, -0.2) is 15.0 Å². The topological polar surface area (TPSA) is 62.5 Å². The number of nitrogens with zero attached hydrogens (tertiary/aromatic N) is 4. The van der Waals surface area contributed by atoms with Gasteiger partial charge in [0.25, 0.3) is 0 Å². The Hall–Kier alpha value is -9.56. The monoisotopic (exact) mass is 886 g/mol. The number of benzene rings is 11. The molecule has 0 radical (unpaired) electrons. The van der Waals surface area contributed by atoms with Gasteiger partial charge in [-0.1, -0.05) is 200 Å². The number of fused-ring (bicyclic) bond motifs is 6. The molecule has 0 spiro atoms. The smallest absolute Gasteiger partial charge is 0.164 e. The first kappa shape index (κ1) is 39.6. The first-order valence-electron chi connectivity index (χ1n) is 23.6. The van der Waals surface area contributed by atoms with Crippen molar-refractivity contribution in [2.24, 2.45) is 0 Å². The van der Waals surface area contributed by atoms with Crippen LogP contribution in [0.4, 0.5) is 0 Å². The van der Waals surface area contributed by atoms with Gasteiger partial charge in [0.15, 0.2) is 17.5 Å². The van der Waals surface area contributed by atoms with Crippen LogP contribution in [0.3, 0.4) is 0 Å². The first-order valence-corrected chi connectivity index (χ1v) is 23.6. The average Bonchev–Trinajstić information content (AvgIpc) is 3.94. The molecule has 0 bridgehead atoms. The van der Waals surface area contributed by atoms with E-state index in [4.69, 9.17) is 15.0 Å². The van der Waals surface area contributed by atoms with Crippen molar-refractivity contribution >= 4 is 21.5 Å². The molecule has 4 nitrogen and oxygen atoms in total. The maximum atomic E-state index is 10.6. The van der Waals surface area contributed by atoms with Crippen LogP contribution in [-0.2, 0) is 0 Å². The predicted octanol–water partition coefficient (Wildman–Crippen LogP) is 17.0. The molecule has 0 fully saturated rings. The molecule has 1 aromatic heterocycles. The zero-order valence-electron chi connectivity index (χ0n) is 37.7. The van der Waals surface area contributed by atoms with Crippen molar-refractivity contribution in [1.29, 1.82) is 5.26 Å². The van der Waals surface area contributed by atoms with E-state index in [1.165, 1.54) is 71.8 Å². The molecule has 1 heterocycles. The van der Waals surface area contributed by atoms with Crippen LogP contribution in [0.5, 0.6) is 0 Å². The number of aromatic nitrogens is 3. The molecule has 0 N–H and O–H groups in total. The summed E-state index contributed by atoms with van der Waals surface area (Å²) >= 11 is 0. The molecule has 0 atom stereocenters. The van der Waals surface area contributed by atoms with Crippen LogP contribution in [0.25, 0.3) is 145 Å². The third kappa shape index (κ3) is 6.34. The predicted molar refractivity (Wildman–Crippen MR) is 286 cm³/mol. The van der Waals surface area contributed by atoms with E-state index in [1.54, 1.807) is 0 Å². The Morgan fingerprint density at radius 3 is 1.39 bits per heavy atom. The Bertz CT molecular complexity index is 4150. The van der Waals surface area contributed by atoms with E-state index in [2.05, 4.69) is 200 Å². The van der Waals surface area contributed by atoms with Crippen LogP contribution < -0.4 is 0 Å². The van der Waals surface area contributed by atoms with E-state index in [1.807, 2.05) is 36.4 Å². The lowest BCUT2D eigenvalue weighted by atomic mass is 9.92. The molecule has 14 rings (SSSR count). The largest absolute Gasteiger partial charge is 0.208 e. The van der Waals surface area contributed by atoms with Gasteiger partial charge in [0, 0.05) is 16.7 Å². The third-order valence-corrected chi connectivity index (χ3v) is 14.3. The van der Waals surface area contributed by atoms with Gasteiger partial charge in [0.05, 0.1) is 11.6 Å². The third-order valence-electron chi connectivity index (χ3n) is 14.3. The van der Waals surface area contributed by atoms with E-state index >= 15 is 0 Å².